The van der Waals surface area contributed by atoms with Crippen molar-refractivity contribution in [1.82, 2.24) is 19.8 Å². The third-order valence-electron chi connectivity index (χ3n) is 3.18. The topological polar surface area (TPSA) is 95.1 Å². The highest BCUT2D eigenvalue weighted by molar-refractivity contribution is 7.19. The second-order valence-corrected chi connectivity index (χ2v) is 5.78. The second-order valence-electron chi connectivity index (χ2n) is 4.82. The number of hydrogen-bond acceptors (Lipinski definition) is 6. The first-order valence-electron chi connectivity index (χ1n) is 6.09. The van der Waals surface area contributed by atoms with Gasteiger partial charge in [-0.05, 0) is 31.0 Å². The third-order valence-corrected chi connectivity index (χ3v) is 4.13. The fraction of sp³-hybridized carbons (Fsp3) is 0.250. The van der Waals surface area contributed by atoms with Crippen LogP contribution in [0.15, 0.2) is 18.2 Å². The Hall–Kier alpha value is -2.15. The van der Waals surface area contributed by atoms with Gasteiger partial charge in [0.15, 0.2) is 5.82 Å². The zero-order valence-corrected chi connectivity index (χ0v) is 10.9. The molecule has 1 fully saturated rings. The van der Waals surface area contributed by atoms with Crippen molar-refractivity contribution in [3.63, 3.8) is 0 Å². The lowest BCUT2D eigenvalue weighted by molar-refractivity contribution is 0.828. The Morgan fingerprint density at radius 3 is 2.53 bits per heavy atom. The van der Waals surface area contributed by atoms with E-state index >= 15 is 0 Å². The van der Waals surface area contributed by atoms with E-state index < -0.39 is 0 Å². The van der Waals surface area contributed by atoms with Gasteiger partial charge < -0.3 is 11.5 Å². The van der Waals surface area contributed by atoms with Gasteiger partial charge in [0.2, 0.25) is 4.96 Å². The van der Waals surface area contributed by atoms with E-state index in [1.54, 1.807) is 6.07 Å². The Balaban J connectivity index is 1.86. The maximum Gasteiger partial charge on any atom is 0.234 e. The van der Waals surface area contributed by atoms with Crippen LogP contribution in [-0.2, 0) is 0 Å². The van der Waals surface area contributed by atoms with Gasteiger partial charge in [0, 0.05) is 22.9 Å². The normalized spacial score (nSPS) is 15.2. The number of aromatic nitrogens is 4. The number of nitrogens with zero attached hydrogens (tertiary/aromatic N) is 4. The molecule has 0 atom stereocenters. The quantitative estimate of drug-likeness (QED) is 0.695. The summed E-state index contributed by atoms with van der Waals surface area (Å²) in [7, 11) is 0. The molecule has 0 aliphatic heterocycles. The van der Waals surface area contributed by atoms with Crippen molar-refractivity contribution in [3.8, 4) is 10.6 Å². The van der Waals surface area contributed by atoms with Gasteiger partial charge in [0.1, 0.15) is 5.01 Å². The van der Waals surface area contributed by atoms with Crippen molar-refractivity contribution >= 4 is 27.7 Å². The zero-order valence-electron chi connectivity index (χ0n) is 10.1. The molecular weight excluding hydrogens is 260 g/mol. The average Bonchev–Trinajstić information content (AvgIpc) is 2.98. The first-order chi connectivity index (χ1) is 9.20. The fourth-order valence-corrected chi connectivity index (χ4v) is 2.98. The number of rotatable bonds is 2. The van der Waals surface area contributed by atoms with Gasteiger partial charge in [-0.3, -0.25) is 0 Å². The summed E-state index contributed by atoms with van der Waals surface area (Å²) >= 11 is 1.50. The molecule has 1 aliphatic carbocycles. The van der Waals surface area contributed by atoms with Crippen LogP contribution in [0.3, 0.4) is 0 Å². The van der Waals surface area contributed by atoms with Gasteiger partial charge in [-0.25, -0.2) is 0 Å². The summed E-state index contributed by atoms with van der Waals surface area (Å²) < 4.78 is 1.84. The first kappa shape index (κ1) is 10.7. The van der Waals surface area contributed by atoms with Crippen molar-refractivity contribution in [1.29, 1.82) is 0 Å². The van der Waals surface area contributed by atoms with Crippen LogP contribution in [-0.4, -0.2) is 19.8 Å². The van der Waals surface area contributed by atoms with E-state index in [9.17, 15) is 0 Å². The van der Waals surface area contributed by atoms with E-state index in [2.05, 4.69) is 15.3 Å². The zero-order chi connectivity index (χ0) is 13.0. The molecule has 0 saturated heterocycles. The monoisotopic (exact) mass is 272 g/mol. The predicted molar refractivity (Wildman–Crippen MR) is 74.9 cm³/mol. The predicted octanol–water partition coefficient (Wildman–Crippen LogP) is 1.89. The van der Waals surface area contributed by atoms with E-state index in [1.165, 1.54) is 24.2 Å². The minimum atomic E-state index is 0.524. The molecule has 0 bridgehead atoms. The summed E-state index contributed by atoms with van der Waals surface area (Å²) in [6, 6.07) is 5.48. The Bertz CT molecular complexity index is 749. The van der Waals surface area contributed by atoms with Gasteiger partial charge in [-0.1, -0.05) is 11.3 Å². The number of hydrogen-bond donors (Lipinski definition) is 2. The molecule has 4 rings (SSSR count). The maximum atomic E-state index is 5.82. The van der Waals surface area contributed by atoms with E-state index in [0.29, 0.717) is 17.3 Å². The maximum absolute atomic E-state index is 5.82. The molecular formula is C12H12N6S. The average molecular weight is 272 g/mol. The lowest BCUT2D eigenvalue weighted by atomic mass is 10.2. The molecule has 19 heavy (non-hydrogen) atoms. The molecule has 2 heterocycles. The van der Waals surface area contributed by atoms with Gasteiger partial charge in [-0.15, -0.1) is 10.2 Å². The SMILES string of the molecule is Nc1cc(N)cc(-c2nn3c(C4CC4)nnc3s2)c1. The van der Waals surface area contributed by atoms with E-state index in [-0.39, 0.29) is 0 Å². The summed E-state index contributed by atoms with van der Waals surface area (Å²) in [5.74, 6) is 1.49. The third kappa shape index (κ3) is 1.74. The molecule has 6 nitrogen and oxygen atoms in total. The lowest BCUT2D eigenvalue weighted by Crippen LogP contribution is -1.94. The highest BCUT2D eigenvalue weighted by atomic mass is 32.1. The molecule has 96 valence electrons. The molecule has 0 unspecified atom stereocenters. The van der Waals surface area contributed by atoms with Crippen LogP contribution >= 0.6 is 11.3 Å². The minimum Gasteiger partial charge on any atom is -0.399 e. The van der Waals surface area contributed by atoms with Crippen LogP contribution < -0.4 is 11.5 Å². The van der Waals surface area contributed by atoms with E-state index in [1.807, 2.05) is 16.6 Å². The molecule has 0 amide bonds. The van der Waals surface area contributed by atoms with Crippen LogP contribution in [0.2, 0.25) is 0 Å². The number of benzene rings is 1. The Morgan fingerprint density at radius 2 is 1.84 bits per heavy atom. The van der Waals surface area contributed by atoms with Crippen molar-refractivity contribution in [2.75, 3.05) is 11.5 Å². The molecule has 1 saturated carbocycles. The van der Waals surface area contributed by atoms with Crippen molar-refractivity contribution in [2.24, 2.45) is 0 Å². The largest absolute Gasteiger partial charge is 0.399 e. The molecule has 3 aromatic rings. The molecule has 0 spiro atoms. The van der Waals surface area contributed by atoms with Crippen molar-refractivity contribution < 1.29 is 0 Å². The number of fused-ring (bicyclic) bond motifs is 1. The molecule has 0 radical (unpaired) electrons. The van der Waals surface area contributed by atoms with Gasteiger partial charge in [-0.2, -0.15) is 9.61 Å². The smallest absolute Gasteiger partial charge is 0.234 e. The van der Waals surface area contributed by atoms with Crippen LogP contribution in [0.25, 0.3) is 15.5 Å². The lowest BCUT2D eigenvalue weighted by Gasteiger charge is -2.00. The van der Waals surface area contributed by atoms with Gasteiger partial charge in [0.25, 0.3) is 0 Å². The molecule has 2 aromatic heterocycles. The van der Waals surface area contributed by atoms with Gasteiger partial charge in [0.05, 0.1) is 0 Å². The van der Waals surface area contributed by atoms with Crippen LogP contribution in [0.5, 0.6) is 0 Å². The highest BCUT2D eigenvalue weighted by Crippen LogP contribution is 2.40. The highest BCUT2D eigenvalue weighted by Gasteiger charge is 2.30. The summed E-state index contributed by atoms with van der Waals surface area (Å²) in [6.07, 6.45) is 2.36. The summed E-state index contributed by atoms with van der Waals surface area (Å²) in [5, 5.41) is 13.8. The molecule has 1 aromatic carbocycles. The minimum absolute atomic E-state index is 0.524. The second kappa shape index (κ2) is 3.67. The Labute approximate surface area is 113 Å². The standard InChI is InChI=1S/C12H12N6S/c13-8-3-7(4-9(14)5-8)11-17-18-10(6-1-2-6)15-16-12(18)19-11/h3-6H,1-2,13-14H2. The molecule has 4 N–H and O–H groups in total. The first-order valence-corrected chi connectivity index (χ1v) is 6.91. The number of anilines is 2. The Kier molecular flexibility index (Phi) is 2.08. The van der Waals surface area contributed by atoms with E-state index in [0.717, 1.165) is 21.4 Å². The van der Waals surface area contributed by atoms with Crippen LogP contribution in [0.1, 0.15) is 24.6 Å². The van der Waals surface area contributed by atoms with E-state index in [4.69, 9.17) is 11.5 Å². The van der Waals surface area contributed by atoms with Crippen molar-refractivity contribution in [3.05, 3.63) is 24.0 Å². The summed E-state index contributed by atoms with van der Waals surface area (Å²) in [5.41, 5.74) is 13.8. The molecule has 1 aliphatic rings. The summed E-state index contributed by atoms with van der Waals surface area (Å²) in [6.45, 7) is 0. The van der Waals surface area contributed by atoms with Crippen LogP contribution in [0, 0.1) is 0 Å². The number of nitrogen functional groups attached to an aromatic ring is 2. The van der Waals surface area contributed by atoms with Gasteiger partial charge >= 0.3 is 0 Å². The van der Waals surface area contributed by atoms with Crippen molar-refractivity contribution in [2.45, 2.75) is 18.8 Å². The number of nitrogens with two attached hydrogens (primary N) is 2. The fourth-order valence-electron chi connectivity index (χ4n) is 2.14. The van der Waals surface area contributed by atoms with Crippen LogP contribution in [0.4, 0.5) is 11.4 Å². The Morgan fingerprint density at radius 1 is 1.11 bits per heavy atom. The molecule has 7 heteroatoms. The summed E-state index contributed by atoms with van der Waals surface area (Å²) in [4.78, 5) is 0.817.